The molecule has 0 unspecified atom stereocenters. The molecule has 0 amide bonds. The van der Waals surface area contributed by atoms with Gasteiger partial charge in [-0.2, -0.15) is 0 Å². The van der Waals surface area contributed by atoms with Gasteiger partial charge in [0.05, 0.1) is 12.5 Å². The summed E-state index contributed by atoms with van der Waals surface area (Å²) in [4.78, 5) is 11.3. The van der Waals surface area contributed by atoms with Crippen molar-refractivity contribution >= 4 is 17.4 Å². The first-order valence-electron chi connectivity index (χ1n) is 3.69. The van der Waals surface area contributed by atoms with E-state index in [1.54, 1.807) is 12.1 Å². The summed E-state index contributed by atoms with van der Waals surface area (Å²) < 4.78 is 0. The summed E-state index contributed by atoms with van der Waals surface area (Å²) in [7, 11) is 0. The second kappa shape index (κ2) is 4.91. The number of halogens is 1. The molecule has 3 heteroatoms. The fourth-order valence-electron chi connectivity index (χ4n) is 0.887. The first-order valence-corrected chi connectivity index (χ1v) is 4.23. The molecule has 1 N–H and O–H groups in total. The van der Waals surface area contributed by atoms with Crippen molar-refractivity contribution in [3.05, 3.63) is 35.9 Å². The van der Waals surface area contributed by atoms with Crippen LogP contribution in [0.15, 0.2) is 30.3 Å². The van der Waals surface area contributed by atoms with Crippen molar-refractivity contribution in [2.24, 2.45) is 0 Å². The molecule has 1 rings (SSSR count). The minimum absolute atomic E-state index is 0.0660. The number of Topliss-reactive ketones (excluding diaryl/α,β-unsaturated/α-hetero) is 1. The smallest absolute Gasteiger partial charge is 0.176 e. The SMILES string of the molecule is O=C(CNCCl)c1ccccc1. The van der Waals surface area contributed by atoms with Crippen molar-refractivity contribution in [1.29, 1.82) is 0 Å². The molecule has 2 nitrogen and oxygen atoms in total. The van der Waals surface area contributed by atoms with Crippen LogP contribution in [0.25, 0.3) is 0 Å². The molecule has 1 aromatic rings. The number of alkyl halides is 1. The lowest BCUT2D eigenvalue weighted by Gasteiger charge is -1.99. The van der Waals surface area contributed by atoms with Gasteiger partial charge in [0.1, 0.15) is 0 Å². The highest BCUT2D eigenvalue weighted by Gasteiger charge is 2.02. The van der Waals surface area contributed by atoms with E-state index in [4.69, 9.17) is 11.6 Å². The summed E-state index contributed by atoms with van der Waals surface area (Å²) in [5, 5.41) is 2.76. The number of hydrogen-bond acceptors (Lipinski definition) is 2. The molecule has 0 saturated heterocycles. The van der Waals surface area contributed by atoms with Crippen LogP contribution in [0.4, 0.5) is 0 Å². The lowest BCUT2D eigenvalue weighted by atomic mass is 10.1. The van der Waals surface area contributed by atoms with Gasteiger partial charge in [0.15, 0.2) is 5.78 Å². The Hall–Kier alpha value is -0.860. The number of carbonyl (C=O) groups is 1. The molecule has 12 heavy (non-hydrogen) atoms. The van der Waals surface area contributed by atoms with Gasteiger partial charge in [0, 0.05) is 5.56 Å². The van der Waals surface area contributed by atoms with E-state index in [1.807, 2.05) is 18.2 Å². The van der Waals surface area contributed by atoms with Crippen LogP contribution in [0.5, 0.6) is 0 Å². The molecule has 0 bridgehead atoms. The van der Waals surface area contributed by atoms with Crippen molar-refractivity contribution < 1.29 is 4.79 Å². The average Bonchev–Trinajstić information content (AvgIpc) is 2.15. The minimum Gasteiger partial charge on any atom is -0.297 e. The van der Waals surface area contributed by atoms with E-state index in [2.05, 4.69) is 5.32 Å². The van der Waals surface area contributed by atoms with Crippen LogP contribution in [0, 0.1) is 0 Å². The zero-order chi connectivity index (χ0) is 8.81. The van der Waals surface area contributed by atoms with E-state index >= 15 is 0 Å². The second-order valence-corrected chi connectivity index (χ2v) is 2.62. The van der Waals surface area contributed by atoms with Gasteiger partial charge >= 0.3 is 0 Å². The Morgan fingerprint density at radius 3 is 2.58 bits per heavy atom. The second-order valence-electron chi connectivity index (χ2n) is 2.35. The van der Waals surface area contributed by atoms with Crippen molar-refractivity contribution in [1.82, 2.24) is 5.32 Å². The van der Waals surface area contributed by atoms with E-state index in [-0.39, 0.29) is 5.78 Å². The zero-order valence-corrected chi connectivity index (χ0v) is 7.34. The van der Waals surface area contributed by atoms with Gasteiger partial charge in [0.2, 0.25) is 0 Å². The van der Waals surface area contributed by atoms with Gasteiger partial charge in [-0.15, -0.1) is 11.6 Å². The Bertz CT molecular complexity index is 248. The first kappa shape index (κ1) is 9.23. The highest BCUT2D eigenvalue weighted by Crippen LogP contribution is 1.98. The minimum atomic E-state index is 0.0660. The molecule has 0 radical (unpaired) electrons. The average molecular weight is 184 g/mol. The summed E-state index contributed by atoms with van der Waals surface area (Å²) in [6.45, 7) is 0.299. The number of rotatable bonds is 4. The maximum atomic E-state index is 11.3. The number of ketones is 1. The molecule has 0 aliphatic rings. The number of carbonyl (C=O) groups excluding carboxylic acids is 1. The predicted octanol–water partition coefficient (Wildman–Crippen LogP) is 1.66. The van der Waals surface area contributed by atoms with Crippen molar-refractivity contribution in [2.75, 3.05) is 12.5 Å². The largest absolute Gasteiger partial charge is 0.297 e. The summed E-state index contributed by atoms with van der Waals surface area (Å²) in [6.07, 6.45) is 0. The molecule has 0 aliphatic carbocycles. The Labute approximate surface area is 76.5 Å². The predicted molar refractivity (Wildman–Crippen MR) is 49.5 cm³/mol. The molecule has 0 saturated carbocycles. The van der Waals surface area contributed by atoms with E-state index in [0.717, 1.165) is 5.56 Å². The van der Waals surface area contributed by atoms with Gasteiger partial charge in [-0.25, -0.2) is 0 Å². The third kappa shape index (κ3) is 2.64. The highest BCUT2D eigenvalue weighted by molar-refractivity contribution is 6.17. The number of nitrogens with one attached hydrogen (secondary N) is 1. The molecule has 0 atom stereocenters. The molecule has 0 fully saturated rings. The van der Waals surface area contributed by atoms with Crippen LogP contribution in [-0.4, -0.2) is 18.3 Å². The lowest BCUT2D eigenvalue weighted by molar-refractivity contribution is 0.0993. The van der Waals surface area contributed by atoms with Crippen LogP contribution in [-0.2, 0) is 0 Å². The Balaban J connectivity index is 2.54. The summed E-state index contributed by atoms with van der Waals surface area (Å²) in [6, 6.07) is 9.45. The van der Waals surface area contributed by atoms with Crippen molar-refractivity contribution in [3.8, 4) is 0 Å². The summed E-state index contributed by atoms with van der Waals surface area (Å²) >= 11 is 5.37. The van der Waals surface area contributed by atoms with Gasteiger partial charge in [-0.1, -0.05) is 30.3 Å². The van der Waals surface area contributed by atoms with Crippen LogP contribution in [0.1, 0.15) is 10.4 Å². The van der Waals surface area contributed by atoms with Crippen molar-refractivity contribution in [3.63, 3.8) is 0 Å². The summed E-state index contributed by atoms with van der Waals surface area (Å²) in [5.41, 5.74) is 0.718. The molecule has 64 valence electrons. The topological polar surface area (TPSA) is 29.1 Å². The molecule has 1 aromatic carbocycles. The number of benzene rings is 1. The van der Waals surface area contributed by atoms with Crippen LogP contribution in [0.3, 0.4) is 0 Å². The fourth-order valence-corrected chi connectivity index (χ4v) is 0.981. The molecular formula is C9H10ClNO. The van der Waals surface area contributed by atoms with Gasteiger partial charge in [-0.05, 0) is 0 Å². The van der Waals surface area contributed by atoms with Gasteiger partial charge in [-0.3, -0.25) is 10.1 Å². The van der Waals surface area contributed by atoms with E-state index in [1.165, 1.54) is 0 Å². The van der Waals surface area contributed by atoms with E-state index < -0.39 is 0 Å². The van der Waals surface area contributed by atoms with Crippen molar-refractivity contribution in [2.45, 2.75) is 0 Å². The standard InChI is InChI=1S/C9H10ClNO/c10-7-11-6-9(12)8-4-2-1-3-5-8/h1-5,11H,6-7H2. The first-order chi connectivity index (χ1) is 5.84. The molecule has 0 aliphatic heterocycles. The Kier molecular flexibility index (Phi) is 3.77. The molecule has 0 heterocycles. The third-order valence-electron chi connectivity index (χ3n) is 1.48. The maximum Gasteiger partial charge on any atom is 0.176 e. The Morgan fingerprint density at radius 1 is 1.33 bits per heavy atom. The highest BCUT2D eigenvalue weighted by atomic mass is 35.5. The van der Waals surface area contributed by atoms with Crippen LogP contribution in [0.2, 0.25) is 0 Å². The Morgan fingerprint density at radius 2 is 2.00 bits per heavy atom. The van der Waals surface area contributed by atoms with Gasteiger partial charge < -0.3 is 0 Å². The van der Waals surface area contributed by atoms with E-state index in [0.29, 0.717) is 12.5 Å². The molecule has 0 aromatic heterocycles. The van der Waals surface area contributed by atoms with E-state index in [9.17, 15) is 4.79 Å². The fraction of sp³-hybridized carbons (Fsp3) is 0.222. The third-order valence-corrected chi connectivity index (χ3v) is 1.66. The van der Waals surface area contributed by atoms with Gasteiger partial charge in [0.25, 0.3) is 0 Å². The zero-order valence-electron chi connectivity index (χ0n) is 6.59. The molecule has 0 spiro atoms. The van der Waals surface area contributed by atoms with Crippen LogP contribution < -0.4 is 5.32 Å². The maximum absolute atomic E-state index is 11.3. The monoisotopic (exact) mass is 183 g/mol. The quantitative estimate of drug-likeness (QED) is 0.437. The molecular weight excluding hydrogens is 174 g/mol. The number of hydrogen-bond donors (Lipinski definition) is 1. The summed E-state index contributed by atoms with van der Waals surface area (Å²) in [5.74, 6) is 0.0660. The van der Waals surface area contributed by atoms with Crippen LogP contribution >= 0.6 is 11.6 Å². The lowest BCUT2D eigenvalue weighted by Crippen LogP contribution is -2.21. The normalized spacial score (nSPS) is 9.75.